The molecule has 2 unspecified atom stereocenters. The van der Waals surface area contributed by atoms with Crippen molar-refractivity contribution in [1.29, 1.82) is 0 Å². The van der Waals surface area contributed by atoms with E-state index in [1.807, 2.05) is 91.6 Å². The third-order valence-corrected chi connectivity index (χ3v) is 5.75. The highest BCUT2D eigenvalue weighted by Gasteiger charge is 2.43. The van der Waals surface area contributed by atoms with Gasteiger partial charge in [-0.1, -0.05) is 30.3 Å². The second-order valence-electron chi connectivity index (χ2n) is 7.72. The Balaban J connectivity index is 0.00000259. The number of aromatic nitrogens is 2. The Morgan fingerprint density at radius 3 is 2.61 bits per heavy atom. The first-order valence-electron chi connectivity index (χ1n) is 10.7. The Kier molecular flexibility index (Phi) is 6.53. The first-order chi connectivity index (χ1) is 15.7. The number of nitrogens with one attached hydrogen (secondary N) is 1. The van der Waals surface area contributed by atoms with Crippen molar-refractivity contribution in [3.8, 4) is 17.1 Å². The van der Waals surface area contributed by atoms with Crippen LogP contribution in [0.2, 0.25) is 0 Å². The van der Waals surface area contributed by atoms with E-state index in [0.29, 0.717) is 12.4 Å². The maximum absolute atomic E-state index is 12.4. The van der Waals surface area contributed by atoms with Crippen LogP contribution in [0.3, 0.4) is 0 Å². The normalized spacial score (nSPS) is 16.8. The van der Waals surface area contributed by atoms with E-state index >= 15 is 0 Å². The SMILES string of the molecule is CCOC(=O)C[NH+]1c2ccccc2N(C)C1c1ccc(-c2ccn(-c3ccccc3)n2)o1.[Cl-]. The summed E-state index contributed by atoms with van der Waals surface area (Å²) in [7, 11) is 2.02. The van der Waals surface area contributed by atoms with Crippen LogP contribution in [0.25, 0.3) is 17.1 Å². The van der Waals surface area contributed by atoms with E-state index in [1.54, 1.807) is 0 Å². The monoisotopic (exact) mass is 464 g/mol. The van der Waals surface area contributed by atoms with Crippen molar-refractivity contribution >= 4 is 17.3 Å². The molecule has 0 fully saturated rings. The Morgan fingerprint density at radius 1 is 1.06 bits per heavy atom. The summed E-state index contributed by atoms with van der Waals surface area (Å²) in [5.41, 5.74) is 3.87. The molecule has 0 radical (unpaired) electrons. The van der Waals surface area contributed by atoms with E-state index in [0.717, 1.165) is 33.4 Å². The van der Waals surface area contributed by atoms with Gasteiger partial charge in [0.2, 0.25) is 6.17 Å². The Hall–Kier alpha value is -3.55. The topological polar surface area (TPSA) is 64.9 Å². The third-order valence-electron chi connectivity index (χ3n) is 5.75. The zero-order valence-electron chi connectivity index (χ0n) is 18.4. The second kappa shape index (κ2) is 9.52. The summed E-state index contributed by atoms with van der Waals surface area (Å²) in [4.78, 5) is 15.5. The van der Waals surface area contributed by atoms with Crippen molar-refractivity contribution < 1.29 is 31.3 Å². The molecule has 3 heterocycles. The number of fused-ring (bicyclic) bond motifs is 1. The molecule has 2 atom stereocenters. The number of benzene rings is 2. The quantitative estimate of drug-likeness (QED) is 0.418. The number of carbonyl (C=O) groups excluding carboxylic acids is 1. The molecule has 7 nitrogen and oxygen atoms in total. The number of anilines is 1. The van der Waals surface area contributed by atoms with Crippen LogP contribution in [0.1, 0.15) is 18.8 Å². The summed E-state index contributed by atoms with van der Waals surface area (Å²) in [5, 5.41) is 4.67. The van der Waals surface area contributed by atoms with Crippen molar-refractivity contribution in [3.63, 3.8) is 0 Å². The number of quaternary nitrogens is 1. The minimum Gasteiger partial charge on any atom is -1.00 e. The molecule has 4 aromatic rings. The maximum atomic E-state index is 12.4. The van der Waals surface area contributed by atoms with Gasteiger partial charge in [-0.15, -0.1) is 0 Å². The highest BCUT2D eigenvalue weighted by molar-refractivity contribution is 5.73. The molecule has 0 saturated carbocycles. The molecule has 0 bridgehead atoms. The molecule has 0 saturated heterocycles. The number of nitrogens with zero attached hydrogens (tertiary/aromatic N) is 3. The lowest BCUT2D eigenvalue weighted by Crippen LogP contribution is -3.08. The lowest BCUT2D eigenvalue weighted by molar-refractivity contribution is -0.853. The number of rotatable bonds is 6. The van der Waals surface area contributed by atoms with Gasteiger partial charge in [0.05, 0.1) is 12.3 Å². The van der Waals surface area contributed by atoms with Crippen LogP contribution in [0.4, 0.5) is 11.4 Å². The summed E-state index contributed by atoms with van der Waals surface area (Å²) in [6, 6.07) is 23.9. The molecule has 5 rings (SSSR count). The van der Waals surface area contributed by atoms with E-state index in [4.69, 9.17) is 9.15 Å². The molecule has 170 valence electrons. The third kappa shape index (κ3) is 4.25. The number of para-hydroxylation sites is 3. The second-order valence-corrected chi connectivity index (χ2v) is 7.72. The summed E-state index contributed by atoms with van der Waals surface area (Å²) >= 11 is 0. The minimum atomic E-state index is -0.231. The molecule has 0 amide bonds. The van der Waals surface area contributed by atoms with Crippen LogP contribution in [0, 0.1) is 0 Å². The fourth-order valence-electron chi connectivity index (χ4n) is 4.31. The number of carbonyl (C=O) groups is 1. The van der Waals surface area contributed by atoms with Crippen molar-refractivity contribution in [3.05, 3.63) is 84.8 Å². The number of ether oxygens (including phenoxy) is 1. The standard InChI is InChI=1S/C25H24N4O3.ClH/c1-3-31-24(30)17-28-21-12-8-7-11-20(21)27(2)25(28)23-14-13-22(32-23)19-15-16-29(26-19)18-9-5-4-6-10-18;/h4-16,25H,3,17H2,1-2H3;1H. The molecule has 1 aliphatic heterocycles. The number of halogens is 1. The highest BCUT2D eigenvalue weighted by atomic mass is 35.5. The van der Waals surface area contributed by atoms with E-state index in [-0.39, 0.29) is 31.1 Å². The predicted octanol–water partition coefficient (Wildman–Crippen LogP) is 0.364. The van der Waals surface area contributed by atoms with Crippen LogP contribution < -0.4 is 22.2 Å². The average Bonchev–Trinajstić information content (AvgIpc) is 3.54. The first-order valence-corrected chi connectivity index (χ1v) is 10.7. The van der Waals surface area contributed by atoms with Gasteiger partial charge in [0, 0.05) is 19.3 Å². The van der Waals surface area contributed by atoms with Crippen LogP contribution in [-0.2, 0) is 9.53 Å². The van der Waals surface area contributed by atoms with Crippen molar-refractivity contribution in [2.75, 3.05) is 25.1 Å². The molecule has 0 aliphatic carbocycles. The zero-order valence-corrected chi connectivity index (χ0v) is 19.2. The smallest absolute Gasteiger partial charge is 0.362 e. The molecule has 1 N–H and O–H groups in total. The van der Waals surface area contributed by atoms with Gasteiger partial charge in [0.15, 0.2) is 23.8 Å². The first kappa shape index (κ1) is 22.6. The van der Waals surface area contributed by atoms with E-state index in [9.17, 15) is 4.79 Å². The number of furan rings is 1. The Morgan fingerprint density at radius 2 is 1.82 bits per heavy atom. The molecule has 2 aromatic heterocycles. The minimum absolute atomic E-state index is 0. The van der Waals surface area contributed by atoms with E-state index in [2.05, 4.69) is 16.1 Å². The maximum Gasteiger partial charge on any atom is 0.362 e. The molecule has 33 heavy (non-hydrogen) atoms. The molecule has 8 heteroatoms. The Labute approximate surface area is 198 Å². The lowest BCUT2D eigenvalue weighted by Gasteiger charge is -2.23. The predicted molar refractivity (Wildman–Crippen MR) is 121 cm³/mol. The summed E-state index contributed by atoms with van der Waals surface area (Å²) in [6.07, 6.45) is 1.74. The zero-order chi connectivity index (χ0) is 22.1. The molecule has 2 aromatic carbocycles. The van der Waals surface area contributed by atoms with Gasteiger partial charge in [-0.3, -0.25) is 4.90 Å². The number of esters is 1. The van der Waals surface area contributed by atoms with Crippen molar-refractivity contribution in [2.45, 2.75) is 13.1 Å². The molecule has 0 spiro atoms. The summed E-state index contributed by atoms with van der Waals surface area (Å²) in [6.45, 7) is 2.41. The van der Waals surface area contributed by atoms with Crippen molar-refractivity contribution in [1.82, 2.24) is 9.78 Å². The van der Waals surface area contributed by atoms with Gasteiger partial charge in [0.25, 0.3) is 0 Å². The lowest BCUT2D eigenvalue weighted by atomic mass is 10.2. The molecular weight excluding hydrogens is 440 g/mol. The van der Waals surface area contributed by atoms with E-state index in [1.165, 1.54) is 0 Å². The summed E-state index contributed by atoms with van der Waals surface area (Å²) in [5.74, 6) is 1.23. The van der Waals surface area contributed by atoms with Crippen LogP contribution in [0.5, 0.6) is 0 Å². The summed E-state index contributed by atoms with van der Waals surface area (Å²) < 4.78 is 13.3. The van der Waals surface area contributed by atoms with Gasteiger partial charge in [0.1, 0.15) is 11.4 Å². The van der Waals surface area contributed by atoms with E-state index < -0.39 is 0 Å². The fraction of sp³-hybridized carbons (Fsp3) is 0.200. The van der Waals surface area contributed by atoms with Gasteiger partial charge in [-0.2, -0.15) is 5.10 Å². The van der Waals surface area contributed by atoms with Crippen LogP contribution in [-0.4, -0.2) is 35.9 Å². The van der Waals surface area contributed by atoms with Crippen LogP contribution >= 0.6 is 0 Å². The van der Waals surface area contributed by atoms with Gasteiger partial charge in [-0.25, -0.2) is 9.48 Å². The largest absolute Gasteiger partial charge is 1.00 e. The van der Waals surface area contributed by atoms with Gasteiger partial charge in [-0.05, 0) is 43.3 Å². The van der Waals surface area contributed by atoms with Crippen LogP contribution in [0.15, 0.2) is 83.4 Å². The van der Waals surface area contributed by atoms with Gasteiger partial charge >= 0.3 is 5.97 Å². The Bertz CT molecular complexity index is 1240. The highest BCUT2D eigenvalue weighted by Crippen LogP contribution is 2.35. The fourth-order valence-corrected chi connectivity index (χ4v) is 4.31. The number of hydrogen-bond donors (Lipinski definition) is 1. The average molecular weight is 465 g/mol. The van der Waals surface area contributed by atoms with Gasteiger partial charge < -0.3 is 26.5 Å². The molecule has 1 aliphatic rings. The van der Waals surface area contributed by atoms with Crippen molar-refractivity contribution in [2.24, 2.45) is 0 Å². The molecular formula is C25H25ClN4O3. The number of hydrogen-bond acceptors (Lipinski definition) is 5.